The minimum Gasteiger partial charge on any atom is -0.330 e. The van der Waals surface area contributed by atoms with E-state index in [1.807, 2.05) is 0 Å². The Labute approximate surface area is 119 Å². The minimum absolute atomic E-state index is 0.257. The first-order valence-electron chi connectivity index (χ1n) is 7.29. The number of nitrogens with zero attached hydrogens (tertiary/aromatic N) is 1. The van der Waals surface area contributed by atoms with Crippen LogP contribution in [0.5, 0.6) is 0 Å². The van der Waals surface area contributed by atoms with Crippen LogP contribution in [-0.4, -0.2) is 31.6 Å². The highest BCUT2D eigenvalue weighted by molar-refractivity contribution is 5.30. The number of likely N-dealkylation sites (N-methyl/N-ethyl adjacent to an activating group) is 1. The standard InChI is InChI=1S/C17H30N2/c1-14-6-7-15(2)16(12-14)8-10-19(5)11-9-17(3,4)13-18/h6-7,12H,8-11,13,18H2,1-5H3. The Balaban J connectivity index is 2.42. The van der Waals surface area contributed by atoms with Crippen LogP contribution in [0.15, 0.2) is 18.2 Å². The Hall–Kier alpha value is -0.860. The molecule has 0 amide bonds. The van der Waals surface area contributed by atoms with E-state index in [-0.39, 0.29) is 5.41 Å². The Kier molecular flexibility index (Phi) is 6.02. The van der Waals surface area contributed by atoms with Crippen molar-refractivity contribution in [2.24, 2.45) is 11.1 Å². The summed E-state index contributed by atoms with van der Waals surface area (Å²) < 4.78 is 0. The van der Waals surface area contributed by atoms with Crippen molar-refractivity contribution in [3.05, 3.63) is 34.9 Å². The van der Waals surface area contributed by atoms with Gasteiger partial charge in [-0.15, -0.1) is 0 Å². The minimum atomic E-state index is 0.257. The molecule has 1 aromatic carbocycles. The Morgan fingerprint density at radius 2 is 1.84 bits per heavy atom. The lowest BCUT2D eigenvalue weighted by Crippen LogP contribution is -2.30. The van der Waals surface area contributed by atoms with Crippen molar-refractivity contribution in [3.8, 4) is 0 Å². The van der Waals surface area contributed by atoms with Gasteiger partial charge in [-0.25, -0.2) is 0 Å². The molecule has 2 heteroatoms. The SMILES string of the molecule is Cc1ccc(C)c(CCN(C)CCC(C)(C)CN)c1. The lowest BCUT2D eigenvalue weighted by Gasteiger charge is -2.26. The monoisotopic (exact) mass is 262 g/mol. The molecule has 19 heavy (non-hydrogen) atoms. The lowest BCUT2D eigenvalue weighted by atomic mass is 9.89. The normalized spacial score (nSPS) is 12.2. The van der Waals surface area contributed by atoms with Gasteiger partial charge < -0.3 is 10.6 Å². The molecule has 0 heterocycles. The van der Waals surface area contributed by atoms with Gasteiger partial charge in [-0.3, -0.25) is 0 Å². The zero-order valence-corrected chi connectivity index (χ0v) is 13.3. The van der Waals surface area contributed by atoms with E-state index < -0.39 is 0 Å². The highest BCUT2D eigenvalue weighted by Gasteiger charge is 2.15. The van der Waals surface area contributed by atoms with Gasteiger partial charge in [0.15, 0.2) is 0 Å². The van der Waals surface area contributed by atoms with Gasteiger partial charge in [-0.1, -0.05) is 37.6 Å². The maximum Gasteiger partial charge on any atom is 0.00189 e. The smallest absolute Gasteiger partial charge is 0.00189 e. The Bertz CT molecular complexity index is 396. The molecule has 0 aliphatic carbocycles. The number of hydrogen-bond donors (Lipinski definition) is 1. The van der Waals surface area contributed by atoms with Gasteiger partial charge in [0.05, 0.1) is 0 Å². The number of hydrogen-bond acceptors (Lipinski definition) is 2. The molecule has 0 aliphatic heterocycles. The maximum absolute atomic E-state index is 5.78. The first kappa shape index (κ1) is 16.2. The molecular weight excluding hydrogens is 232 g/mol. The number of aryl methyl sites for hydroxylation is 2. The van der Waals surface area contributed by atoms with E-state index in [0.29, 0.717) is 0 Å². The predicted molar refractivity (Wildman–Crippen MR) is 84.6 cm³/mol. The number of rotatable bonds is 7. The summed E-state index contributed by atoms with van der Waals surface area (Å²) in [5.74, 6) is 0. The fourth-order valence-corrected chi connectivity index (χ4v) is 2.09. The van der Waals surface area contributed by atoms with Gasteiger partial charge in [0.2, 0.25) is 0 Å². The van der Waals surface area contributed by atoms with Crippen molar-refractivity contribution in [2.75, 3.05) is 26.7 Å². The van der Waals surface area contributed by atoms with Crippen LogP contribution in [0, 0.1) is 19.3 Å². The fourth-order valence-electron chi connectivity index (χ4n) is 2.09. The molecule has 0 unspecified atom stereocenters. The number of benzene rings is 1. The summed E-state index contributed by atoms with van der Waals surface area (Å²) in [6.45, 7) is 11.8. The molecule has 2 nitrogen and oxygen atoms in total. The van der Waals surface area contributed by atoms with Crippen LogP contribution in [-0.2, 0) is 6.42 Å². The molecule has 0 aliphatic rings. The highest BCUT2D eigenvalue weighted by Crippen LogP contribution is 2.18. The molecule has 0 atom stereocenters. The van der Waals surface area contributed by atoms with Crippen molar-refractivity contribution >= 4 is 0 Å². The fraction of sp³-hybridized carbons (Fsp3) is 0.647. The molecule has 0 saturated carbocycles. The zero-order valence-electron chi connectivity index (χ0n) is 13.3. The summed E-state index contributed by atoms with van der Waals surface area (Å²) in [7, 11) is 2.21. The van der Waals surface area contributed by atoms with Crippen LogP contribution in [0.3, 0.4) is 0 Å². The summed E-state index contributed by atoms with van der Waals surface area (Å²) in [6.07, 6.45) is 2.29. The molecule has 1 rings (SSSR count). The first-order chi connectivity index (χ1) is 8.84. The largest absolute Gasteiger partial charge is 0.330 e. The second kappa shape index (κ2) is 7.06. The van der Waals surface area contributed by atoms with E-state index in [1.54, 1.807) is 0 Å². The molecule has 1 aromatic rings. The van der Waals surface area contributed by atoms with E-state index in [2.05, 4.69) is 57.8 Å². The quantitative estimate of drug-likeness (QED) is 0.818. The molecule has 108 valence electrons. The molecule has 0 radical (unpaired) electrons. The molecule has 0 spiro atoms. The lowest BCUT2D eigenvalue weighted by molar-refractivity contribution is 0.255. The maximum atomic E-state index is 5.78. The first-order valence-corrected chi connectivity index (χ1v) is 7.29. The summed E-state index contributed by atoms with van der Waals surface area (Å²) in [5, 5.41) is 0. The molecule has 0 fully saturated rings. The van der Waals surface area contributed by atoms with Crippen molar-refractivity contribution in [3.63, 3.8) is 0 Å². The molecule has 2 N–H and O–H groups in total. The number of nitrogens with two attached hydrogens (primary N) is 1. The molecule has 0 bridgehead atoms. The van der Waals surface area contributed by atoms with Crippen LogP contribution in [0.25, 0.3) is 0 Å². The average Bonchev–Trinajstić information content (AvgIpc) is 2.37. The van der Waals surface area contributed by atoms with Crippen molar-refractivity contribution in [1.29, 1.82) is 0 Å². The zero-order chi connectivity index (χ0) is 14.5. The summed E-state index contributed by atoms with van der Waals surface area (Å²) >= 11 is 0. The van der Waals surface area contributed by atoms with E-state index in [0.717, 1.165) is 32.5 Å². The van der Waals surface area contributed by atoms with Crippen LogP contribution in [0.4, 0.5) is 0 Å². The van der Waals surface area contributed by atoms with Crippen molar-refractivity contribution < 1.29 is 0 Å². The predicted octanol–water partition coefficient (Wildman–Crippen LogP) is 3.15. The van der Waals surface area contributed by atoms with Gasteiger partial charge >= 0.3 is 0 Å². The van der Waals surface area contributed by atoms with Crippen LogP contribution >= 0.6 is 0 Å². The summed E-state index contributed by atoms with van der Waals surface area (Å²) in [4.78, 5) is 2.42. The summed E-state index contributed by atoms with van der Waals surface area (Å²) in [5.41, 5.74) is 10.3. The third-order valence-electron chi connectivity index (χ3n) is 3.99. The van der Waals surface area contributed by atoms with Crippen molar-refractivity contribution in [2.45, 2.75) is 40.5 Å². The summed E-state index contributed by atoms with van der Waals surface area (Å²) in [6, 6.07) is 6.72. The van der Waals surface area contributed by atoms with Gasteiger partial charge in [0.1, 0.15) is 0 Å². The van der Waals surface area contributed by atoms with Gasteiger partial charge in [-0.2, -0.15) is 0 Å². The third kappa shape index (κ3) is 5.75. The van der Waals surface area contributed by atoms with Crippen molar-refractivity contribution in [1.82, 2.24) is 4.90 Å². The molecule has 0 aromatic heterocycles. The van der Waals surface area contributed by atoms with E-state index in [9.17, 15) is 0 Å². The van der Waals surface area contributed by atoms with Gasteiger partial charge in [0.25, 0.3) is 0 Å². The van der Waals surface area contributed by atoms with Gasteiger partial charge in [-0.05, 0) is 63.4 Å². The van der Waals surface area contributed by atoms with Crippen LogP contribution in [0.1, 0.15) is 37.0 Å². The third-order valence-corrected chi connectivity index (χ3v) is 3.99. The molecular formula is C17H30N2. The topological polar surface area (TPSA) is 29.3 Å². The Morgan fingerprint density at radius 3 is 2.47 bits per heavy atom. The molecule has 0 saturated heterocycles. The van der Waals surface area contributed by atoms with E-state index in [4.69, 9.17) is 5.73 Å². The average molecular weight is 262 g/mol. The second-order valence-electron chi connectivity index (χ2n) is 6.60. The van der Waals surface area contributed by atoms with E-state index in [1.165, 1.54) is 16.7 Å². The second-order valence-corrected chi connectivity index (χ2v) is 6.60. The van der Waals surface area contributed by atoms with Crippen LogP contribution in [0.2, 0.25) is 0 Å². The van der Waals surface area contributed by atoms with Gasteiger partial charge in [0, 0.05) is 6.54 Å². The van der Waals surface area contributed by atoms with E-state index >= 15 is 0 Å². The van der Waals surface area contributed by atoms with Crippen LogP contribution < -0.4 is 5.73 Å². The highest BCUT2D eigenvalue weighted by atomic mass is 15.1. The Morgan fingerprint density at radius 1 is 1.16 bits per heavy atom.